The van der Waals surface area contributed by atoms with E-state index in [0.29, 0.717) is 0 Å². The van der Waals surface area contributed by atoms with E-state index < -0.39 is 78.1 Å². The Morgan fingerprint density at radius 3 is 0.750 bits per heavy atom. The van der Waals surface area contributed by atoms with E-state index in [4.69, 9.17) is 0 Å². The zero-order chi connectivity index (χ0) is 29.1. The third kappa shape index (κ3) is 5.99. The van der Waals surface area contributed by atoms with Crippen LogP contribution in [0.25, 0.3) is 0 Å². The van der Waals surface area contributed by atoms with E-state index in [0.717, 1.165) is 42.7 Å². The first-order valence-corrected chi connectivity index (χ1v) is 13.5. The monoisotopic (exact) mass is 598 g/mol. The van der Waals surface area contributed by atoms with Gasteiger partial charge in [0, 0.05) is 67.6 Å². The Bertz CT molecular complexity index is 631. The van der Waals surface area contributed by atoms with Crippen molar-refractivity contribution in [2.75, 3.05) is 42.7 Å². The maximum absolute atomic E-state index is 14.1. The van der Waals surface area contributed by atoms with Gasteiger partial charge in [0.2, 0.25) is 0 Å². The average molecular weight is 599 g/mol. The van der Waals surface area contributed by atoms with Crippen molar-refractivity contribution in [2.45, 2.75) is 60.5 Å². The van der Waals surface area contributed by atoms with Gasteiger partial charge in [-0.05, 0) is 0 Å². The van der Waals surface area contributed by atoms with Gasteiger partial charge >= 0.3 is 53.1 Å². The van der Waals surface area contributed by atoms with E-state index in [1.807, 2.05) is 0 Å². The molecule has 6 nitrogen and oxygen atoms in total. The maximum Gasteiger partial charge on any atom is 0.500 e. The molecule has 0 spiro atoms. The van der Waals surface area contributed by atoms with Crippen LogP contribution in [0.4, 0.5) is 52.7 Å². The third-order valence-electron chi connectivity index (χ3n) is 5.46. The Labute approximate surface area is 200 Å². The Kier molecular flexibility index (Phi) is 11.4. The van der Waals surface area contributed by atoms with Gasteiger partial charge < -0.3 is 26.6 Å². The smallest absolute Gasteiger partial charge is 0.377 e. The van der Waals surface area contributed by atoms with Crippen molar-refractivity contribution in [1.29, 1.82) is 0 Å². The fraction of sp³-hybridized carbons (Fsp3) is 1.00. The van der Waals surface area contributed by atoms with Gasteiger partial charge in [-0.25, -0.2) is 0 Å². The standard InChI is InChI=1S/C16H26F12O6Si2/c1-29-35(30-2,31-3)9-7-11(17,18)13(21,22)15(25,26)16(27,28)14(23,24)12(19,20)8-10-36(32-4,33-5)34-6/h7-10H2,1-6H3. The molecular weight excluding hydrogens is 572 g/mol. The van der Waals surface area contributed by atoms with Crippen molar-refractivity contribution in [3.8, 4) is 0 Å². The molecule has 36 heavy (non-hydrogen) atoms. The molecule has 0 saturated carbocycles. The fourth-order valence-corrected chi connectivity index (χ4v) is 6.37. The minimum Gasteiger partial charge on any atom is -0.377 e. The van der Waals surface area contributed by atoms with Gasteiger partial charge in [-0.1, -0.05) is 0 Å². The molecule has 0 aliphatic rings. The quantitative estimate of drug-likeness (QED) is 0.167. The lowest BCUT2D eigenvalue weighted by molar-refractivity contribution is -0.425. The highest BCUT2D eigenvalue weighted by Crippen LogP contribution is 2.61. The number of halogens is 12. The number of hydrogen-bond donors (Lipinski definition) is 0. The summed E-state index contributed by atoms with van der Waals surface area (Å²) in [4.78, 5) is 0. The van der Waals surface area contributed by atoms with E-state index >= 15 is 0 Å². The maximum atomic E-state index is 14.1. The fourth-order valence-electron chi connectivity index (χ4n) is 2.90. The molecule has 0 unspecified atom stereocenters. The van der Waals surface area contributed by atoms with Gasteiger partial charge in [0.25, 0.3) is 0 Å². The van der Waals surface area contributed by atoms with Crippen molar-refractivity contribution in [2.24, 2.45) is 0 Å². The first-order valence-electron chi connectivity index (χ1n) is 9.61. The summed E-state index contributed by atoms with van der Waals surface area (Å²) >= 11 is 0. The zero-order valence-corrected chi connectivity index (χ0v) is 21.8. The van der Waals surface area contributed by atoms with E-state index in [-0.39, 0.29) is 0 Å². The Hall–Kier alpha value is -0.646. The predicted molar refractivity (Wildman–Crippen MR) is 102 cm³/mol. The molecular formula is C16H26F12O6Si2. The van der Waals surface area contributed by atoms with E-state index in [9.17, 15) is 52.7 Å². The molecule has 218 valence electrons. The summed E-state index contributed by atoms with van der Waals surface area (Å²) in [5.74, 6) is -42.1. The second-order valence-electron chi connectivity index (χ2n) is 7.30. The van der Waals surface area contributed by atoms with Crippen LogP contribution in [-0.4, -0.2) is 95.8 Å². The molecule has 0 heterocycles. The minimum absolute atomic E-state index is 0.815. The Balaban J connectivity index is 6.24. The molecule has 0 aliphatic carbocycles. The van der Waals surface area contributed by atoms with Gasteiger partial charge in [0.1, 0.15) is 0 Å². The number of hydrogen-bond acceptors (Lipinski definition) is 6. The topological polar surface area (TPSA) is 55.4 Å². The van der Waals surface area contributed by atoms with Crippen LogP contribution in [0, 0.1) is 0 Å². The van der Waals surface area contributed by atoms with E-state index in [1.165, 1.54) is 0 Å². The molecule has 0 amide bonds. The second kappa shape index (κ2) is 11.6. The molecule has 0 bridgehead atoms. The molecule has 0 radical (unpaired) electrons. The Morgan fingerprint density at radius 2 is 0.583 bits per heavy atom. The van der Waals surface area contributed by atoms with Crippen LogP contribution in [0.2, 0.25) is 12.1 Å². The summed E-state index contributed by atoms with van der Waals surface area (Å²) in [6.07, 6.45) is -4.75. The molecule has 0 saturated heterocycles. The zero-order valence-electron chi connectivity index (χ0n) is 19.8. The largest absolute Gasteiger partial charge is 0.500 e. The summed E-state index contributed by atoms with van der Waals surface area (Å²) < 4.78 is 197. The van der Waals surface area contributed by atoms with Crippen LogP contribution in [0.1, 0.15) is 12.8 Å². The van der Waals surface area contributed by atoms with Gasteiger partial charge in [-0.15, -0.1) is 0 Å². The van der Waals surface area contributed by atoms with E-state index in [1.54, 1.807) is 0 Å². The third-order valence-corrected chi connectivity index (χ3v) is 10.9. The Morgan fingerprint density at radius 1 is 0.389 bits per heavy atom. The summed E-state index contributed by atoms with van der Waals surface area (Å²) in [7, 11) is -3.44. The predicted octanol–water partition coefficient (Wildman–Crippen LogP) is 5.33. The van der Waals surface area contributed by atoms with Crippen molar-refractivity contribution < 1.29 is 79.2 Å². The minimum atomic E-state index is -7.67. The van der Waals surface area contributed by atoms with Crippen LogP contribution in [0.5, 0.6) is 0 Å². The van der Waals surface area contributed by atoms with Gasteiger partial charge in [-0.3, -0.25) is 0 Å². The summed E-state index contributed by atoms with van der Waals surface area (Å²) in [5.41, 5.74) is 0. The summed E-state index contributed by atoms with van der Waals surface area (Å²) in [6.45, 7) is 0. The van der Waals surface area contributed by atoms with E-state index in [2.05, 4.69) is 26.6 Å². The first-order chi connectivity index (χ1) is 16.0. The first kappa shape index (κ1) is 35.4. The van der Waals surface area contributed by atoms with Gasteiger partial charge in [0.15, 0.2) is 0 Å². The SMILES string of the molecule is CO[Si](CCC(F)(F)C(F)(F)C(F)(F)C(F)(F)C(F)(F)C(F)(F)CC[Si](OC)(OC)OC)(OC)OC. The highest BCUT2D eigenvalue weighted by Gasteiger charge is 2.89. The lowest BCUT2D eigenvalue weighted by atomic mass is 9.90. The lowest BCUT2D eigenvalue weighted by Gasteiger charge is -2.42. The highest BCUT2D eigenvalue weighted by molar-refractivity contribution is 6.60. The molecule has 0 fully saturated rings. The summed E-state index contributed by atoms with van der Waals surface area (Å²) in [5, 5.41) is 0. The molecule has 0 N–H and O–H groups in total. The molecule has 20 heteroatoms. The van der Waals surface area contributed by atoms with Crippen LogP contribution in [0.15, 0.2) is 0 Å². The van der Waals surface area contributed by atoms with Crippen molar-refractivity contribution >= 4 is 17.6 Å². The second-order valence-corrected chi connectivity index (χ2v) is 13.5. The molecule has 0 atom stereocenters. The van der Waals surface area contributed by atoms with Crippen molar-refractivity contribution in [3.63, 3.8) is 0 Å². The van der Waals surface area contributed by atoms with Crippen LogP contribution >= 0.6 is 0 Å². The molecule has 0 aromatic carbocycles. The van der Waals surface area contributed by atoms with Crippen molar-refractivity contribution in [1.82, 2.24) is 0 Å². The molecule has 0 aliphatic heterocycles. The van der Waals surface area contributed by atoms with Crippen molar-refractivity contribution in [3.05, 3.63) is 0 Å². The van der Waals surface area contributed by atoms with Gasteiger partial charge in [-0.2, -0.15) is 52.7 Å². The molecule has 0 aromatic heterocycles. The highest BCUT2D eigenvalue weighted by atomic mass is 28.4. The number of rotatable bonds is 17. The lowest BCUT2D eigenvalue weighted by Crippen LogP contribution is -2.70. The van der Waals surface area contributed by atoms with Crippen LogP contribution < -0.4 is 0 Å². The van der Waals surface area contributed by atoms with Crippen LogP contribution in [0.3, 0.4) is 0 Å². The van der Waals surface area contributed by atoms with Crippen LogP contribution in [-0.2, 0) is 26.6 Å². The average Bonchev–Trinajstić information content (AvgIpc) is 2.81. The molecule has 0 rings (SSSR count). The van der Waals surface area contributed by atoms with Gasteiger partial charge in [0.05, 0.1) is 0 Å². The number of alkyl halides is 12. The normalized spacial score (nSPS) is 15.5. The molecule has 0 aromatic rings. The summed E-state index contributed by atoms with van der Waals surface area (Å²) in [6, 6.07) is -2.71.